The Balaban J connectivity index is 1.50. The molecule has 0 atom stereocenters. The smallest absolute Gasteiger partial charge is 0.194 e. The fraction of sp³-hybridized carbons (Fsp3) is 0.316. The van der Waals surface area contributed by atoms with Gasteiger partial charge in [0.1, 0.15) is 12.4 Å². The molecule has 3 rings (SSSR count). The molecule has 2 aromatic carbocycles. The van der Waals surface area contributed by atoms with Crippen LogP contribution in [0.5, 0.6) is 5.75 Å². The van der Waals surface area contributed by atoms with Crippen molar-refractivity contribution in [3.05, 3.63) is 53.6 Å². The third-order valence-electron chi connectivity index (χ3n) is 3.80. The van der Waals surface area contributed by atoms with Crippen LogP contribution < -0.4 is 4.74 Å². The highest BCUT2D eigenvalue weighted by atomic mass is 16.5. The van der Waals surface area contributed by atoms with Crippen LogP contribution in [0.25, 0.3) is 11.1 Å². The number of benzene rings is 2. The molecule has 0 saturated carbocycles. The number of hydrogen-bond donors (Lipinski definition) is 1. The number of aliphatic hydroxyl groups excluding tert-OH is 1. The van der Waals surface area contributed by atoms with E-state index in [4.69, 9.17) is 19.3 Å². The highest BCUT2D eigenvalue weighted by Gasteiger charge is 2.26. The van der Waals surface area contributed by atoms with Crippen molar-refractivity contribution in [2.24, 2.45) is 0 Å². The van der Waals surface area contributed by atoms with E-state index >= 15 is 0 Å². The van der Waals surface area contributed by atoms with Crippen molar-refractivity contribution in [2.75, 3.05) is 39.6 Å². The van der Waals surface area contributed by atoms with Crippen LogP contribution in [-0.4, -0.2) is 50.5 Å². The predicted octanol–water partition coefficient (Wildman–Crippen LogP) is 2.30. The zero-order valence-corrected chi connectivity index (χ0v) is 13.4. The molecule has 126 valence electrons. The van der Waals surface area contributed by atoms with E-state index in [1.165, 1.54) is 0 Å². The number of carbonyl (C=O) groups is 1. The van der Waals surface area contributed by atoms with Gasteiger partial charge in [0.2, 0.25) is 0 Å². The van der Waals surface area contributed by atoms with Crippen molar-refractivity contribution in [1.29, 1.82) is 0 Å². The molecule has 0 saturated heterocycles. The first-order valence-corrected chi connectivity index (χ1v) is 7.98. The number of ether oxygens (including phenoxy) is 3. The number of carbonyl (C=O) groups excluding carboxylic acids is 1. The van der Waals surface area contributed by atoms with Crippen LogP contribution in [0.1, 0.15) is 15.9 Å². The van der Waals surface area contributed by atoms with Gasteiger partial charge < -0.3 is 19.3 Å². The third-order valence-corrected chi connectivity index (χ3v) is 3.80. The average Bonchev–Trinajstić information content (AvgIpc) is 2.90. The summed E-state index contributed by atoms with van der Waals surface area (Å²) in [5, 5.41) is 8.57. The van der Waals surface area contributed by atoms with Crippen molar-refractivity contribution in [3.63, 3.8) is 0 Å². The minimum Gasteiger partial charge on any atom is -0.491 e. The average molecular weight is 328 g/mol. The van der Waals surface area contributed by atoms with Gasteiger partial charge in [-0.2, -0.15) is 0 Å². The Morgan fingerprint density at radius 1 is 0.750 bits per heavy atom. The Morgan fingerprint density at radius 2 is 1.42 bits per heavy atom. The Labute approximate surface area is 140 Å². The van der Waals surface area contributed by atoms with Gasteiger partial charge in [-0.15, -0.1) is 0 Å². The molecule has 0 aromatic heterocycles. The normalized spacial score (nSPS) is 12.1. The molecule has 0 fully saturated rings. The van der Waals surface area contributed by atoms with Gasteiger partial charge in [0.15, 0.2) is 5.78 Å². The lowest BCUT2D eigenvalue weighted by molar-refractivity contribution is 0.0247. The van der Waals surface area contributed by atoms with E-state index in [1.54, 1.807) is 6.07 Å². The molecule has 24 heavy (non-hydrogen) atoms. The van der Waals surface area contributed by atoms with Gasteiger partial charge in [0.05, 0.1) is 33.0 Å². The van der Waals surface area contributed by atoms with E-state index in [9.17, 15) is 4.79 Å². The quantitative estimate of drug-likeness (QED) is 0.611. The first kappa shape index (κ1) is 16.6. The Bertz CT molecular complexity index is 711. The van der Waals surface area contributed by atoms with Crippen molar-refractivity contribution < 1.29 is 24.1 Å². The van der Waals surface area contributed by atoms with Crippen LogP contribution >= 0.6 is 0 Å². The third kappa shape index (κ3) is 3.64. The standard InChI is InChI=1S/C19H20O5/c20-7-8-22-9-10-23-11-12-24-14-5-6-16-15-3-1-2-4-17(15)19(21)18(16)13-14/h1-6,13,20H,7-12H2. The molecule has 0 heterocycles. The van der Waals surface area contributed by atoms with Gasteiger partial charge in [-0.05, 0) is 29.3 Å². The van der Waals surface area contributed by atoms with Crippen LogP contribution in [-0.2, 0) is 9.47 Å². The molecule has 1 aliphatic carbocycles. The number of fused-ring (bicyclic) bond motifs is 3. The summed E-state index contributed by atoms with van der Waals surface area (Å²) in [4.78, 5) is 12.4. The maximum absolute atomic E-state index is 12.4. The zero-order chi connectivity index (χ0) is 16.8. The molecule has 0 spiro atoms. The Morgan fingerprint density at radius 3 is 2.21 bits per heavy atom. The number of hydrogen-bond acceptors (Lipinski definition) is 5. The summed E-state index contributed by atoms with van der Waals surface area (Å²) >= 11 is 0. The molecule has 0 aliphatic heterocycles. The molecule has 5 heteroatoms. The van der Waals surface area contributed by atoms with Gasteiger partial charge >= 0.3 is 0 Å². The van der Waals surface area contributed by atoms with Gasteiger partial charge in [0, 0.05) is 11.1 Å². The van der Waals surface area contributed by atoms with Gasteiger partial charge in [0.25, 0.3) is 0 Å². The molecule has 2 aromatic rings. The van der Waals surface area contributed by atoms with E-state index in [2.05, 4.69) is 0 Å². The maximum atomic E-state index is 12.4. The largest absolute Gasteiger partial charge is 0.491 e. The maximum Gasteiger partial charge on any atom is 0.194 e. The molecule has 0 unspecified atom stereocenters. The van der Waals surface area contributed by atoms with Crippen molar-refractivity contribution >= 4 is 5.78 Å². The van der Waals surface area contributed by atoms with Crippen LogP contribution in [0.15, 0.2) is 42.5 Å². The second-order valence-electron chi connectivity index (χ2n) is 5.38. The number of aliphatic hydroxyl groups is 1. The summed E-state index contributed by atoms with van der Waals surface area (Å²) < 4.78 is 16.1. The summed E-state index contributed by atoms with van der Waals surface area (Å²) in [5.74, 6) is 0.707. The minimum atomic E-state index is 0.0179. The molecule has 0 amide bonds. The SMILES string of the molecule is O=C1c2ccccc2-c2ccc(OCCOCCOCCO)cc21. The molecule has 0 radical (unpaired) electrons. The van der Waals surface area contributed by atoms with Gasteiger partial charge in [-0.3, -0.25) is 4.79 Å². The van der Waals surface area contributed by atoms with E-state index in [0.717, 1.165) is 16.7 Å². The number of ketones is 1. The number of rotatable bonds is 9. The molecular weight excluding hydrogens is 308 g/mol. The fourth-order valence-corrected chi connectivity index (χ4v) is 2.70. The minimum absolute atomic E-state index is 0.0179. The van der Waals surface area contributed by atoms with Crippen molar-refractivity contribution in [2.45, 2.75) is 0 Å². The second-order valence-corrected chi connectivity index (χ2v) is 5.38. The molecule has 5 nitrogen and oxygen atoms in total. The lowest BCUT2D eigenvalue weighted by Crippen LogP contribution is -2.12. The highest BCUT2D eigenvalue weighted by Crippen LogP contribution is 2.37. The second kappa shape index (κ2) is 8.06. The highest BCUT2D eigenvalue weighted by molar-refractivity contribution is 6.21. The molecule has 1 N–H and O–H groups in total. The van der Waals surface area contributed by atoms with Crippen molar-refractivity contribution in [1.82, 2.24) is 0 Å². The monoisotopic (exact) mass is 328 g/mol. The van der Waals surface area contributed by atoms with E-state index in [-0.39, 0.29) is 12.4 Å². The van der Waals surface area contributed by atoms with Crippen LogP contribution in [0.4, 0.5) is 0 Å². The molecule has 1 aliphatic rings. The Hall–Kier alpha value is -2.21. The van der Waals surface area contributed by atoms with Gasteiger partial charge in [-0.1, -0.05) is 24.3 Å². The summed E-state index contributed by atoms with van der Waals surface area (Å²) in [6, 6.07) is 13.2. The lowest BCUT2D eigenvalue weighted by Gasteiger charge is -2.09. The first-order chi connectivity index (χ1) is 11.8. The van der Waals surface area contributed by atoms with Crippen molar-refractivity contribution in [3.8, 4) is 16.9 Å². The molecular formula is C19H20O5. The lowest BCUT2D eigenvalue weighted by atomic mass is 10.1. The van der Waals surface area contributed by atoms with Gasteiger partial charge in [-0.25, -0.2) is 0 Å². The van der Waals surface area contributed by atoms with E-state index in [0.29, 0.717) is 44.3 Å². The fourth-order valence-electron chi connectivity index (χ4n) is 2.70. The first-order valence-electron chi connectivity index (χ1n) is 7.98. The van der Waals surface area contributed by atoms with Crippen LogP contribution in [0.3, 0.4) is 0 Å². The van der Waals surface area contributed by atoms with E-state index in [1.807, 2.05) is 36.4 Å². The van der Waals surface area contributed by atoms with E-state index < -0.39 is 0 Å². The summed E-state index contributed by atoms with van der Waals surface area (Å²) in [7, 11) is 0. The summed E-state index contributed by atoms with van der Waals surface area (Å²) in [6.07, 6.45) is 0. The Kier molecular flexibility index (Phi) is 5.59. The summed E-state index contributed by atoms with van der Waals surface area (Å²) in [6.45, 7) is 2.09. The molecule has 0 bridgehead atoms. The topological polar surface area (TPSA) is 65.0 Å². The van der Waals surface area contributed by atoms with Crippen LogP contribution in [0, 0.1) is 0 Å². The summed E-state index contributed by atoms with van der Waals surface area (Å²) in [5.41, 5.74) is 3.37. The van der Waals surface area contributed by atoms with Crippen LogP contribution in [0.2, 0.25) is 0 Å². The zero-order valence-electron chi connectivity index (χ0n) is 13.4. The predicted molar refractivity (Wildman–Crippen MR) is 89.5 cm³/mol.